The van der Waals surface area contributed by atoms with Crippen LogP contribution < -0.4 is 9.80 Å². The molecule has 4 heteroatoms. The molecule has 0 spiro atoms. The molecule has 38 heavy (non-hydrogen) atoms. The molecule has 2 aliphatic rings. The van der Waals surface area contributed by atoms with Crippen LogP contribution in [0.5, 0.6) is 0 Å². The Morgan fingerprint density at radius 1 is 0.395 bits per heavy atom. The average molecular weight is 495 g/mol. The summed E-state index contributed by atoms with van der Waals surface area (Å²) in [7, 11) is 0. The molecule has 3 heterocycles. The van der Waals surface area contributed by atoms with Crippen molar-refractivity contribution in [2.24, 2.45) is 0 Å². The first-order chi connectivity index (χ1) is 18.4. The van der Waals surface area contributed by atoms with Crippen LogP contribution in [0.15, 0.2) is 109 Å². The number of fused-ring (bicyclic) bond motifs is 4. The lowest BCUT2D eigenvalue weighted by atomic mass is 9.73. The third-order valence-corrected chi connectivity index (χ3v) is 8.44. The number of hydrogen-bond donors (Lipinski definition) is 0. The van der Waals surface area contributed by atoms with Gasteiger partial charge in [0.25, 0.3) is 0 Å². The van der Waals surface area contributed by atoms with Crippen molar-refractivity contribution in [2.75, 3.05) is 9.80 Å². The molecule has 0 aliphatic carbocycles. The Morgan fingerprint density at radius 2 is 0.658 bits per heavy atom. The van der Waals surface area contributed by atoms with E-state index in [1.54, 1.807) is 0 Å². The smallest absolute Gasteiger partial charge is 0.0923 e. The summed E-state index contributed by atoms with van der Waals surface area (Å²) in [5, 5.41) is 8.84. The number of aromatic nitrogens is 2. The van der Waals surface area contributed by atoms with Crippen molar-refractivity contribution in [2.45, 2.75) is 38.5 Å². The minimum Gasteiger partial charge on any atom is -0.306 e. The van der Waals surface area contributed by atoms with Gasteiger partial charge in [-0.15, -0.1) is 0 Å². The van der Waals surface area contributed by atoms with Crippen LogP contribution in [0.4, 0.5) is 34.1 Å². The van der Waals surface area contributed by atoms with E-state index in [1.807, 2.05) is 12.4 Å². The van der Waals surface area contributed by atoms with Crippen LogP contribution in [0.2, 0.25) is 0 Å². The van der Waals surface area contributed by atoms with Gasteiger partial charge < -0.3 is 9.80 Å². The van der Waals surface area contributed by atoms with Gasteiger partial charge in [-0.25, -0.2) is 0 Å². The highest BCUT2D eigenvalue weighted by Gasteiger charge is 2.40. The van der Waals surface area contributed by atoms with E-state index in [1.165, 1.54) is 45.0 Å². The van der Waals surface area contributed by atoms with Crippen LogP contribution in [-0.4, -0.2) is 10.2 Å². The minimum atomic E-state index is -0.126. The van der Waals surface area contributed by atoms with Crippen LogP contribution in [0, 0.1) is 0 Å². The van der Waals surface area contributed by atoms with Crippen LogP contribution in [0.3, 0.4) is 0 Å². The highest BCUT2D eigenvalue weighted by molar-refractivity contribution is 5.96. The fraction of sp³-hybridized carbons (Fsp3) is 0.176. The topological polar surface area (TPSA) is 32.3 Å². The van der Waals surface area contributed by atoms with Crippen molar-refractivity contribution >= 4 is 34.1 Å². The molecule has 0 fully saturated rings. The zero-order valence-corrected chi connectivity index (χ0v) is 22.2. The SMILES string of the molecule is CC1(C)c2ccccc2N(c2cnncc2N2c3ccccc3C(C)(C)c3ccccc32)c2ccccc21. The molecular formula is C34H30N4. The van der Waals surface area contributed by atoms with Gasteiger partial charge in [0.2, 0.25) is 0 Å². The third-order valence-electron chi connectivity index (χ3n) is 8.44. The van der Waals surface area contributed by atoms with Gasteiger partial charge in [0, 0.05) is 10.8 Å². The molecule has 4 aromatic carbocycles. The molecule has 1 aromatic heterocycles. The normalized spacial score (nSPS) is 16.2. The van der Waals surface area contributed by atoms with Crippen molar-refractivity contribution in [3.63, 3.8) is 0 Å². The summed E-state index contributed by atoms with van der Waals surface area (Å²) in [6.45, 7) is 9.25. The molecular weight excluding hydrogens is 464 g/mol. The number of para-hydroxylation sites is 4. The maximum atomic E-state index is 4.42. The number of benzene rings is 4. The van der Waals surface area contributed by atoms with Gasteiger partial charge in [-0.1, -0.05) is 100 Å². The molecule has 7 rings (SSSR count). The van der Waals surface area contributed by atoms with E-state index < -0.39 is 0 Å². The summed E-state index contributed by atoms with van der Waals surface area (Å²) in [5.41, 5.74) is 11.6. The highest BCUT2D eigenvalue weighted by Crippen LogP contribution is 2.57. The zero-order valence-electron chi connectivity index (χ0n) is 22.2. The Kier molecular flexibility index (Phi) is 4.80. The van der Waals surface area contributed by atoms with Crippen molar-refractivity contribution in [1.82, 2.24) is 10.2 Å². The number of nitrogens with zero attached hydrogens (tertiary/aromatic N) is 4. The van der Waals surface area contributed by atoms with Gasteiger partial charge >= 0.3 is 0 Å². The molecule has 0 atom stereocenters. The van der Waals surface area contributed by atoms with Crippen molar-refractivity contribution in [3.8, 4) is 0 Å². The molecule has 0 bridgehead atoms. The minimum absolute atomic E-state index is 0.126. The number of rotatable bonds is 2. The molecule has 0 unspecified atom stereocenters. The van der Waals surface area contributed by atoms with Crippen LogP contribution in [0.25, 0.3) is 0 Å². The summed E-state index contributed by atoms with van der Waals surface area (Å²) >= 11 is 0. The van der Waals surface area contributed by atoms with E-state index in [4.69, 9.17) is 0 Å². The molecule has 5 aromatic rings. The lowest BCUT2D eigenvalue weighted by Crippen LogP contribution is -2.33. The molecule has 0 N–H and O–H groups in total. The lowest BCUT2D eigenvalue weighted by molar-refractivity contribution is 0.630. The first kappa shape index (κ1) is 22.7. The summed E-state index contributed by atoms with van der Waals surface area (Å²) in [6, 6.07) is 34.9. The molecule has 186 valence electrons. The summed E-state index contributed by atoms with van der Waals surface area (Å²) < 4.78 is 0. The van der Waals surface area contributed by atoms with E-state index >= 15 is 0 Å². The van der Waals surface area contributed by atoms with Gasteiger partial charge in [-0.05, 0) is 46.5 Å². The summed E-state index contributed by atoms with van der Waals surface area (Å²) in [4.78, 5) is 4.73. The maximum Gasteiger partial charge on any atom is 0.0923 e. The van der Waals surface area contributed by atoms with Crippen molar-refractivity contribution < 1.29 is 0 Å². The molecule has 2 aliphatic heterocycles. The van der Waals surface area contributed by atoms with Crippen LogP contribution in [0.1, 0.15) is 49.9 Å². The van der Waals surface area contributed by atoms with Gasteiger partial charge in [0.15, 0.2) is 0 Å². The predicted molar refractivity (Wildman–Crippen MR) is 156 cm³/mol. The summed E-state index contributed by atoms with van der Waals surface area (Å²) in [5.74, 6) is 0. The van der Waals surface area contributed by atoms with Gasteiger partial charge in [-0.3, -0.25) is 0 Å². The standard InChI is InChI=1S/C34H30N4/c1-33(2)23-13-5-9-17-27(23)37(28-18-10-6-14-24(28)33)31-21-35-36-22-32(31)38-29-19-11-7-15-25(29)34(3,4)26-16-8-12-20-30(26)38/h5-22H,1-4H3. The first-order valence-electron chi connectivity index (χ1n) is 13.2. The number of hydrogen-bond acceptors (Lipinski definition) is 4. The Labute approximate surface area is 224 Å². The van der Waals surface area contributed by atoms with Crippen molar-refractivity contribution in [3.05, 3.63) is 132 Å². The maximum absolute atomic E-state index is 4.42. The Morgan fingerprint density at radius 3 is 0.947 bits per heavy atom. The second-order valence-electron chi connectivity index (χ2n) is 11.2. The highest BCUT2D eigenvalue weighted by atomic mass is 15.3. The lowest BCUT2D eigenvalue weighted by Gasteiger charge is -2.45. The van der Waals surface area contributed by atoms with Gasteiger partial charge in [0.05, 0.1) is 46.5 Å². The monoisotopic (exact) mass is 494 g/mol. The zero-order chi connectivity index (χ0) is 26.1. The van der Waals surface area contributed by atoms with Crippen molar-refractivity contribution in [1.29, 1.82) is 0 Å². The van der Waals surface area contributed by atoms with E-state index in [-0.39, 0.29) is 10.8 Å². The van der Waals surface area contributed by atoms with Crippen LogP contribution in [-0.2, 0) is 10.8 Å². The van der Waals surface area contributed by atoms with E-state index in [9.17, 15) is 0 Å². The van der Waals surface area contributed by atoms with E-state index in [2.05, 4.69) is 145 Å². The fourth-order valence-corrected chi connectivity index (χ4v) is 6.51. The largest absolute Gasteiger partial charge is 0.306 e. The first-order valence-corrected chi connectivity index (χ1v) is 13.2. The molecule has 0 saturated heterocycles. The molecule has 0 radical (unpaired) electrons. The molecule has 4 nitrogen and oxygen atoms in total. The summed E-state index contributed by atoms with van der Waals surface area (Å²) in [6.07, 6.45) is 3.82. The second kappa shape index (κ2) is 8.03. The predicted octanol–water partition coefficient (Wildman–Crippen LogP) is 8.69. The fourth-order valence-electron chi connectivity index (χ4n) is 6.51. The van der Waals surface area contributed by atoms with Gasteiger partial charge in [-0.2, -0.15) is 10.2 Å². The second-order valence-corrected chi connectivity index (χ2v) is 11.2. The van der Waals surface area contributed by atoms with Crippen LogP contribution >= 0.6 is 0 Å². The molecule has 0 amide bonds. The quantitative estimate of drug-likeness (QED) is 0.246. The van der Waals surface area contributed by atoms with Gasteiger partial charge in [0.1, 0.15) is 0 Å². The van der Waals surface area contributed by atoms with E-state index in [0.717, 1.165) is 11.4 Å². The average Bonchev–Trinajstić information content (AvgIpc) is 2.94. The number of anilines is 6. The Balaban J connectivity index is 1.53. The van der Waals surface area contributed by atoms with E-state index in [0.29, 0.717) is 0 Å². The Bertz CT molecular complexity index is 1480. The third kappa shape index (κ3) is 3.03. The Hall–Kier alpha value is -4.44. The molecule has 0 saturated carbocycles.